The summed E-state index contributed by atoms with van der Waals surface area (Å²) < 4.78 is 28.0. The molecule has 2 aromatic carbocycles. The minimum absolute atomic E-state index is 0.0553. The van der Waals surface area contributed by atoms with E-state index in [4.69, 9.17) is 11.0 Å². The molecule has 0 aliphatic rings. The molecule has 0 bridgehead atoms. The van der Waals surface area contributed by atoms with Gasteiger partial charge in [-0.2, -0.15) is 15.0 Å². The smallest absolute Gasteiger partial charge is 0.280 e. The Morgan fingerprint density at radius 2 is 1.93 bits per heavy atom. The van der Waals surface area contributed by atoms with Crippen LogP contribution in [0.5, 0.6) is 0 Å². The molecular formula is C17H12N6O5S. The van der Waals surface area contributed by atoms with Crippen LogP contribution in [-0.2, 0) is 10.0 Å². The molecule has 0 spiro atoms. The van der Waals surface area contributed by atoms with E-state index in [1.807, 2.05) is 0 Å². The van der Waals surface area contributed by atoms with E-state index < -0.39 is 20.9 Å². The summed E-state index contributed by atoms with van der Waals surface area (Å²) in [5.74, 6) is -0.704. The molecule has 3 N–H and O–H groups in total. The third-order valence-corrected chi connectivity index (χ3v) is 5.22. The number of nitrogens with one attached hydrogen (secondary N) is 1. The van der Waals surface area contributed by atoms with E-state index in [1.54, 1.807) is 6.07 Å². The Morgan fingerprint density at radius 1 is 1.24 bits per heavy atom. The standard InChI is InChI=1S/C17H12N6O5S/c18-9-12-10-20-22(16(12)19)17(24)11-4-6-13(7-5-11)21-29(27,28)15-3-1-2-14(8-15)23(25)26/h1-8,10,21H,19H2. The summed E-state index contributed by atoms with van der Waals surface area (Å²) in [5.41, 5.74) is 5.67. The first-order valence-corrected chi connectivity index (χ1v) is 9.37. The number of hydrogen-bond donors (Lipinski definition) is 2. The van der Waals surface area contributed by atoms with Gasteiger partial charge in [0.1, 0.15) is 17.5 Å². The molecule has 0 atom stereocenters. The lowest BCUT2D eigenvalue weighted by molar-refractivity contribution is -0.385. The van der Waals surface area contributed by atoms with E-state index in [2.05, 4.69) is 9.82 Å². The average Bonchev–Trinajstić information content (AvgIpc) is 3.08. The summed E-state index contributed by atoms with van der Waals surface area (Å²) in [5, 5.41) is 23.5. The predicted molar refractivity (Wildman–Crippen MR) is 101 cm³/mol. The number of sulfonamides is 1. The molecule has 1 aromatic heterocycles. The van der Waals surface area contributed by atoms with Crippen LogP contribution in [0.2, 0.25) is 0 Å². The van der Waals surface area contributed by atoms with Gasteiger partial charge in [0, 0.05) is 23.4 Å². The van der Waals surface area contributed by atoms with Gasteiger partial charge in [-0.05, 0) is 30.3 Å². The molecule has 0 unspecified atom stereocenters. The maximum Gasteiger partial charge on any atom is 0.280 e. The number of nitro benzene ring substituents is 1. The topological polar surface area (TPSA) is 174 Å². The fourth-order valence-electron chi connectivity index (χ4n) is 2.39. The fraction of sp³-hybridized carbons (Fsp3) is 0. The van der Waals surface area contributed by atoms with E-state index in [9.17, 15) is 23.3 Å². The van der Waals surface area contributed by atoms with Crippen LogP contribution < -0.4 is 10.5 Å². The third-order valence-electron chi connectivity index (χ3n) is 3.84. The number of benzene rings is 2. The van der Waals surface area contributed by atoms with Crippen molar-refractivity contribution in [3.05, 3.63) is 76.0 Å². The lowest BCUT2D eigenvalue weighted by atomic mass is 10.2. The van der Waals surface area contributed by atoms with Crippen LogP contribution in [0.1, 0.15) is 15.9 Å². The molecule has 0 saturated heterocycles. The molecule has 1 heterocycles. The Kier molecular flexibility index (Phi) is 4.99. The SMILES string of the molecule is N#Cc1cnn(C(=O)c2ccc(NS(=O)(=O)c3cccc([N+](=O)[O-])c3)cc2)c1N. The van der Waals surface area contributed by atoms with Gasteiger partial charge < -0.3 is 5.73 Å². The van der Waals surface area contributed by atoms with E-state index in [0.717, 1.165) is 16.9 Å². The molecule has 0 amide bonds. The highest BCUT2D eigenvalue weighted by atomic mass is 32.2. The number of carbonyl (C=O) groups excluding carboxylic acids is 1. The van der Waals surface area contributed by atoms with Crippen LogP contribution in [0.25, 0.3) is 0 Å². The monoisotopic (exact) mass is 412 g/mol. The predicted octanol–water partition coefficient (Wildman–Crippen LogP) is 1.73. The number of hydrogen-bond acceptors (Lipinski definition) is 8. The van der Waals surface area contributed by atoms with Crippen LogP contribution in [0.15, 0.2) is 59.6 Å². The highest BCUT2D eigenvalue weighted by molar-refractivity contribution is 7.92. The van der Waals surface area contributed by atoms with Gasteiger partial charge >= 0.3 is 0 Å². The highest BCUT2D eigenvalue weighted by Crippen LogP contribution is 2.21. The van der Waals surface area contributed by atoms with Crippen molar-refractivity contribution in [2.75, 3.05) is 10.5 Å². The van der Waals surface area contributed by atoms with E-state index >= 15 is 0 Å². The molecule has 146 valence electrons. The first-order chi connectivity index (χ1) is 13.7. The molecular weight excluding hydrogens is 400 g/mol. The Morgan fingerprint density at radius 3 is 2.52 bits per heavy atom. The van der Waals surface area contributed by atoms with Gasteiger partial charge in [0.2, 0.25) is 0 Å². The zero-order valence-electron chi connectivity index (χ0n) is 14.5. The van der Waals surface area contributed by atoms with Crippen LogP contribution in [-0.4, -0.2) is 29.0 Å². The number of non-ortho nitro benzene ring substituents is 1. The van der Waals surface area contributed by atoms with Gasteiger partial charge in [0.15, 0.2) is 0 Å². The minimum Gasteiger partial charge on any atom is -0.382 e. The van der Waals surface area contributed by atoms with Gasteiger partial charge in [0.25, 0.3) is 21.6 Å². The largest absolute Gasteiger partial charge is 0.382 e. The van der Waals surface area contributed by atoms with Gasteiger partial charge in [0.05, 0.1) is 16.0 Å². The van der Waals surface area contributed by atoms with Gasteiger partial charge in [-0.3, -0.25) is 19.6 Å². The molecule has 0 radical (unpaired) electrons. The van der Waals surface area contributed by atoms with Crippen molar-refractivity contribution in [1.29, 1.82) is 5.26 Å². The van der Waals surface area contributed by atoms with Crippen molar-refractivity contribution in [3.8, 4) is 6.07 Å². The average molecular weight is 412 g/mol. The second-order valence-corrected chi connectivity index (χ2v) is 7.39. The number of carbonyl (C=O) groups is 1. The summed E-state index contributed by atoms with van der Waals surface area (Å²) >= 11 is 0. The van der Waals surface area contributed by atoms with E-state index in [0.29, 0.717) is 0 Å². The Bertz CT molecular complexity index is 1260. The number of nitriles is 1. The summed E-state index contributed by atoms with van der Waals surface area (Å²) in [6, 6.07) is 11.8. The highest BCUT2D eigenvalue weighted by Gasteiger charge is 2.19. The first kappa shape index (κ1) is 19.5. The Hall–Kier alpha value is -4.24. The molecule has 0 fully saturated rings. The fourth-order valence-corrected chi connectivity index (χ4v) is 3.49. The molecule has 12 heteroatoms. The summed E-state index contributed by atoms with van der Waals surface area (Å²) in [4.78, 5) is 22.3. The summed E-state index contributed by atoms with van der Waals surface area (Å²) in [6.45, 7) is 0. The molecule has 11 nitrogen and oxygen atoms in total. The molecule has 3 rings (SSSR count). The van der Waals surface area contributed by atoms with Crippen molar-refractivity contribution in [2.45, 2.75) is 4.90 Å². The molecule has 0 aliphatic carbocycles. The molecule has 0 aliphatic heterocycles. The van der Waals surface area contributed by atoms with Crippen molar-refractivity contribution >= 4 is 33.1 Å². The second-order valence-electron chi connectivity index (χ2n) is 5.71. The van der Waals surface area contributed by atoms with Gasteiger partial charge in [-0.25, -0.2) is 8.42 Å². The number of rotatable bonds is 5. The summed E-state index contributed by atoms with van der Waals surface area (Å²) in [7, 11) is -4.07. The number of anilines is 2. The normalized spacial score (nSPS) is 10.9. The first-order valence-electron chi connectivity index (χ1n) is 7.88. The van der Waals surface area contributed by atoms with Crippen molar-refractivity contribution < 1.29 is 18.1 Å². The molecule has 3 aromatic rings. The van der Waals surface area contributed by atoms with Crippen LogP contribution in [0.4, 0.5) is 17.2 Å². The van der Waals surface area contributed by atoms with Gasteiger partial charge in [-0.15, -0.1) is 0 Å². The lowest BCUT2D eigenvalue weighted by Crippen LogP contribution is -2.17. The summed E-state index contributed by atoms with van der Waals surface area (Å²) in [6.07, 6.45) is 1.16. The lowest BCUT2D eigenvalue weighted by Gasteiger charge is -2.09. The zero-order valence-corrected chi connectivity index (χ0v) is 15.3. The Balaban J connectivity index is 1.82. The number of nitrogens with two attached hydrogens (primary N) is 1. The van der Waals surface area contributed by atoms with Crippen LogP contribution in [0, 0.1) is 21.4 Å². The quantitative estimate of drug-likeness (QED) is 0.470. The number of nitro groups is 1. The number of nitrogen functional groups attached to an aromatic ring is 1. The van der Waals surface area contributed by atoms with E-state index in [1.165, 1.54) is 42.5 Å². The van der Waals surface area contributed by atoms with Gasteiger partial charge in [-0.1, -0.05) is 6.07 Å². The minimum atomic E-state index is -4.07. The number of nitrogens with zero attached hydrogens (tertiary/aromatic N) is 4. The second kappa shape index (κ2) is 7.41. The van der Waals surface area contributed by atoms with Crippen molar-refractivity contribution in [2.24, 2.45) is 0 Å². The Labute approximate surface area is 164 Å². The number of aromatic nitrogens is 2. The van der Waals surface area contributed by atoms with Crippen LogP contribution in [0.3, 0.4) is 0 Å². The molecule has 0 saturated carbocycles. The van der Waals surface area contributed by atoms with Crippen molar-refractivity contribution in [3.63, 3.8) is 0 Å². The van der Waals surface area contributed by atoms with Crippen LogP contribution >= 0.6 is 0 Å². The maximum atomic E-state index is 12.4. The van der Waals surface area contributed by atoms with E-state index in [-0.39, 0.29) is 33.2 Å². The molecule has 29 heavy (non-hydrogen) atoms. The third kappa shape index (κ3) is 3.89. The maximum absolute atomic E-state index is 12.4. The van der Waals surface area contributed by atoms with Crippen molar-refractivity contribution in [1.82, 2.24) is 9.78 Å². The zero-order chi connectivity index (χ0) is 21.2.